The number of carbonyl (C=O) groups excluding carboxylic acids is 1. The van der Waals surface area contributed by atoms with Gasteiger partial charge in [-0.1, -0.05) is 24.5 Å². The molecule has 0 aliphatic heterocycles. The summed E-state index contributed by atoms with van der Waals surface area (Å²) < 4.78 is 15.2. The van der Waals surface area contributed by atoms with Crippen molar-refractivity contribution in [3.05, 3.63) is 60.0 Å². The summed E-state index contributed by atoms with van der Waals surface area (Å²) in [6.07, 6.45) is 6.21. The molecule has 0 atom stereocenters. The van der Waals surface area contributed by atoms with E-state index in [1.807, 2.05) is 19.1 Å². The molecule has 1 fully saturated rings. The van der Waals surface area contributed by atoms with Crippen LogP contribution in [0, 0.1) is 12.7 Å². The molecular weight excluding hydrogens is 379 g/mol. The predicted molar refractivity (Wildman–Crippen MR) is 116 cm³/mol. The Balaban J connectivity index is 1.64. The van der Waals surface area contributed by atoms with Crippen molar-refractivity contribution in [2.75, 3.05) is 0 Å². The summed E-state index contributed by atoms with van der Waals surface area (Å²) in [5.41, 5.74) is 4.35. The lowest BCUT2D eigenvalue weighted by Crippen LogP contribution is -2.35. The monoisotopic (exact) mass is 402 g/mol. The normalized spacial score (nSPS) is 14.6. The molecule has 5 nitrogen and oxygen atoms in total. The highest BCUT2D eigenvalue weighted by Gasteiger charge is 2.20. The summed E-state index contributed by atoms with van der Waals surface area (Å²) in [4.78, 5) is 17.4. The molecule has 2 aromatic carbocycles. The Kier molecular flexibility index (Phi) is 4.69. The fourth-order valence-corrected chi connectivity index (χ4v) is 4.38. The lowest BCUT2D eigenvalue weighted by Gasteiger charge is -2.12. The fourth-order valence-electron chi connectivity index (χ4n) is 4.38. The molecule has 1 amide bonds. The minimum atomic E-state index is -0.294. The van der Waals surface area contributed by atoms with E-state index in [2.05, 4.69) is 16.4 Å². The maximum absolute atomic E-state index is 13.4. The Morgan fingerprint density at radius 1 is 1.13 bits per heavy atom. The first-order valence-electron chi connectivity index (χ1n) is 10.4. The molecule has 1 aliphatic rings. The number of amides is 1. The number of halogens is 1. The van der Waals surface area contributed by atoms with Gasteiger partial charge in [-0.15, -0.1) is 0 Å². The van der Waals surface area contributed by atoms with Crippen LogP contribution in [0.15, 0.2) is 48.7 Å². The Labute approximate surface area is 173 Å². The van der Waals surface area contributed by atoms with Crippen LogP contribution in [0.2, 0.25) is 0 Å². The van der Waals surface area contributed by atoms with Gasteiger partial charge >= 0.3 is 0 Å². The van der Waals surface area contributed by atoms with Gasteiger partial charge < -0.3 is 5.32 Å². The van der Waals surface area contributed by atoms with Crippen molar-refractivity contribution in [3.63, 3.8) is 0 Å². The average molecular weight is 402 g/mol. The van der Waals surface area contributed by atoms with E-state index in [-0.39, 0.29) is 24.3 Å². The Bertz CT molecular complexity index is 1240. The van der Waals surface area contributed by atoms with Crippen LogP contribution >= 0.6 is 0 Å². The fraction of sp³-hybridized carbons (Fsp3) is 0.292. The molecule has 30 heavy (non-hydrogen) atoms. The Morgan fingerprint density at radius 2 is 1.90 bits per heavy atom. The van der Waals surface area contributed by atoms with E-state index in [4.69, 9.17) is 5.10 Å². The van der Waals surface area contributed by atoms with E-state index < -0.39 is 0 Å². The molecule has 1 saturated carbocycles. The molecule has 2 heterocycles. The zero-order valence-corrected chi connectivity index (χ0v) is 16.9. The number of hydrogen-bond acceptors (Lipinski definition) is 3. The van der Waals surface area contributed by atoms with Crippen LogP contribution in [0.25, 0.3) is 33.1 Å². The topological polar surface area (TPSA) is 59.8 Å². The van der Waals surface area contributed by atoms with E-state index >= 15 is 0 Å². The van der Waals surface area contributed by atoms with Crippen LogP contribution in [-0.4, -0.2) is 26.7 Å². The third-order valence-corrected chi connectivity index (χ3v) is 5.86. The number of fused-ring (bicyclic) bond motifs is 3. The van der Waals surface area contributed by atoms with Gasteiger partial charge in [-0.25, -0.2) is 4.39 Å². The summed E-state index contributed by atoms with van der Waals surface area (Å²) >= 11 is 0. The second kappa shape index (κ2) is 7.52. The van der Waals surface area contributed by atoms with Gasteiger partial charge in [-0.3, -0.25) is 14.5 Å². The van der Waals surface area contributed by atoms with Crippen molar-refractivity contribution in [1.29, 1.82) is 0 Å². The number of benzene rings is 2. The first kappa shape index (κ1) is 18.7. The highest BCUT2D eigenvalue weighted by molar-refractivity contribution is 6.08. The lowest BCUT2D eigenvalue weighted by molar-refractivity contribution is -0.122. The summed E-state index contributed by atoms with van der Waals surface area (Å²) in [5, 5.41) is 9.74. The minimum absolute atomic E-state index is 0.0328. The Morgan fingerprint density at radius 3 is 2.67 bits per heavy atom. The zero-order valence-electron chi connectivity index (χ0n) is 16.9. The van der Waals surface area contributed by atoms with Crippen LogP contribution in [-0.2, 0) is 11.3 Å². The van der Waals surface area contributed by atoms with Crippen LogP contribution in [0.1, 0.15) is 31.2 Å². The Hall–Kier alpha value is -3.28. The highest BCUT2D eigenvalue weighted by atomic mass is 19.1. The molecule has 0 bridgehead atoms. The first-order valence-corrected chi connectivity index (χ1v) is 10.4. The van der Waals surface area contributed by atoms with Gasteiger partial charge in [-0.2, -0.15) is 5.10 Å². The van der Waals surface area contributed by atoms with E-state index in [0.717, 1.165) is 45.8 Å². The molecule has 0 unspecified atom stereocenters. The number of carbonyl (C=O) groups is 1. The number of nitrogens with zero attached hydrogens (tertiary/aromatic N) is 3. The largest absolute Gasteiger partial charge is 0.352 e. The third-order valence-electron chi connectivity index (χ3n) is 5.86. The van der Waals surface area contributed by atoms with Crippen molar-refractivity contribution in [2.45, 2.75) is 45.2 Å². The quantitative estimate of drug-likeness (QED) is 0.535. The molecule has 0 radical (unpaired) electrons. The van der Waals surface area contributed by atoms with E-state index in [1.165, 1.54) is 25.0 Å². The summed E-state index contributed by atoms with van der Waals surface area (Å²) in [6, 6.07) is 12.6. The third kappa shape index (κ3) is 3.43. The molecule has 6 heteroatoms. The molecule has 1 N–H and O–H groups in total. The predicted octanol–water partition coefficient (Wildman–Crippen LogP) is 4.76. The van der Waals surface area contributed by atoms with Crippen LogP contribution in [0.3, 0.4) is 0 Å². The van der Waals surface area contributed by atoms with E-state index in [9.17, 15) is 9.18 Å². The van der Waals surface area contributed by atoms with Crippen molar-refractivity contribution in [3.8, 4) is 11.3 Å². The number of aromatic nitrogens is 3. The van der Waals surface area contributed by atoms with Crippen molar-refractivity contribution in [2.24, 2.45) is 0 Å². The van der Waals surface area contributed by atoms with Gasteiger partial charge in [0.2, 0.25) is 5.91 Å². The number of pyridine rings is 1. The molecule has 2 aromatic heterocycles. The van der Waals surface area contributed by atoms with Crippen molar-refractivity contribution >= 4 is 27.7 Å². The lowest BCUT2D eigenvalue weighted by atomic mass is 10.1. The second-order valence-corrected chi connectivity index (χ2v) is 8.10. The SMILES string of the molecule is Cc1ccc2ncc3c(-c4ccc(F)cc4)nn(CC(=O)NC4CCCC4)c3c2c1. The van der Waals surface area contributed by atoms with Gasteiger partial charge in [0.1, 0.15) is 18.1 Å². The maximum Gasteiger partial charge on any atom is 0.241 e. The van der Waals surface area contributed by atoms with Gasteiger partial charge in [0, 0.05) is 28.6 Å². The molecule has 0 saturated heterocycles. The standard InChI is InChI=1S/C24H23FN4O/c1-15-6-11-21-19(12-15)24-20(13-26-21)23(16-7-9-17(25)10-8-16)28-29(24)14-22(30)27-18-4-2-3-5-18/h6-13,18H,2-5,14H2,1H3,(H,27,30). The molecule has 0 spiro atoms. The van der Waals surface area contributed by atoms with Gasteiger partial charge in [0.05, 0.1) is 11.0 Å². The molecule has 1 aliphatic carbocycles. The maximum atomic E-state index is 13.4. The minimum Gasteiger partial charge on any atom is -0.352 e. The van der Waals surface area contributed by atoms with Crippen LogP contribution in [0.5, 0.6) is 0 Å². The van der Waals surface area contributed by atoms with E-state index in [0.29, 0.717) is 5.69 Å². The average Bonchev–Trinajstić information content (AvgIpc) is 3.36. The van der Waals surface area contributed by atoms with Crippen LogP contribution < -0.4 is 5.32 Å². The molecule has 4 aromatic rings. The van der Waals surface area contributed by atoms with E-state index in [1.54, 1.807) is 23.0 Å². The molecular formula is C24H23FN4O. The first-order chi connectivity index (χ1) is 14.6. The van der Waals surface area contributed by atoms with Crippen molar-refractivity contribution < 1.29 is 9.18 Å². The number of rotatable bonds is 4. The molecule has 5 rings (SSSR count). The summed E-state index contributed by atoms with van der Waals surface area (Å²) in [6.45, 7) is 2.17. The number of aryl methyl sites for hydroxylation is 1. The van der Waals surface area contributed by atoms with Gasteiger partial charge in [-0.05, 0) is 56.2 Å². The summed E-state index contributed by atoms with van der Waals surface area (Å²) in [7, 11) is 0. The second-order valence-electron chi connectivity index (χ2n) is 8.10. The summed E-state index contributed by atoms with van der Waals surface area (Å²) in [5.74, 6) is -0.327. The van der Waals surface area contributed by atoms with Gasteiger partial charge in [0.15, 0.2) is 0 Å². The smallest absolute Gasteiger partial charge is 0.241 e. The molecule has 152 valence electrons. The van der Waals surface area contributed by atoms with Crippen molar-refractivity contribution in [1.82, 2.24) is 20.1 Å². The number of nitrogens with one attached hydrogen (secondary N) is 1. The number of hydrogen-bond donors (Lipinski definition) is 1. The highest BCUT2D eigenvalue weighted by Crippen LogP contribution is 2.32. The zero-order chi connectivity index (χ0) is 20.7. The van der Waals surface area contributed by atoms with Gasteiger partial charge in [0.25, 0.3) is 0 Å². The van der Waals surface area contributed by atoms with Crippen LogP contribution in [0.4, 0.5) is 4.39 Å².